The second kappa shape index (κ2) is 6.17. The lowest BCUT2D eigenvalue weighted by molar-refractivity contribution is 0.797. The molecule has 0 aliphatic carbocycles. The van der Waals surface area contributed by atoms with Crippen LogP contribution in [0.3, 0.4) is 0 Å². The van der Waals surface area contributed by atoms with Crippen LogP contribution < -0.4 is 11.1 Å². The molecule has 3 N–H and O–H groups in total. The summed E-state index contributed by atoms with van der Waals surface area (Å²) in [7, 11) is 0. The number of anilines is 2. The van der Waals surface area contributed by atoms with Crippen LogP contribution in [0.1, 0.15) is 32.5 Å². The molecule has 0 atom stereocenters. The van der Waals surface area contributed by atoms with Crippen LogP contribution in [-0.4, -0.2) is 26.1 Å². The van der Waals surface area contributed by atoms with Crippen LogP contribution in [0.2, 0.25) is 0 Å². The van der Waals surface area contributed by atoms with Gasteiger partial charge in [-0.1, -0.05) is 13.8 Å². The van der Waals surface area contributed by atoms with Gasteiger partial charge in [-0.25, -0.2) is 4.98 Å². The van der Waals surface area contributed by atoms with Crippen LogP contribution in [0.15, 0.2) is 18.5 Å². The van der Waals surface area contributed by atoms with Gasteiger partial charge in [0.2, 0.25) is 5.95 Å². The zero-order valence-electron chi connectivity index (χ0n) is 11.4. The second-order valence-corrected chi connectivity index (χ2v) is 4.36. The lowest BCUT2D eigenvalue weighted by Crippen LogP contribution is -2.09. The first-order chi connectivity index (χ1) is 9.24. The zero-order valence-corrected chi connectivity index (χ0v) is 11.4. The number of hydrogen-bond acceptors (Lipinski definition) is 5. The Morgan fingerprint density at radius 1 is 1.26 bits per heavy atom. The topological polar surface area (TPSA) is 81.7 Å². The minimum atomic E-state index is 0.271. The molecular formula is C13H20N6. The minimum Gasteiger partial charge on any atom is -0.370 e. The highest BCUT2D eigenvalue weighted by Crippen LogP contribution is 2.15. The van der Waals surface area contributed by atoms with E-state index in [0.29, 0.717) is 0 Å². The van der Waals surface area contributed by atoms with Gasteiger partial charge < -0.3 is 11.1 Å². The van der Waals surface area contributed by atoms with E-state index in [1.165, 1.54) is 0 Å². The summed E-state index contributed by atoms with van der Waals surface area (Å²) in [5, 5.41) is 3.22. The molecule has 0 saturated carbocycles. The van der Waals surface area contributed by atoms with Gasteiger partial charge in [-0.3, -0.25) is 4.57 Å². The maximum absolute atomic E-state index is 5.77. The van der Waals surface area contributed by atoms with Gasteiger partial charge in [0.15, 0.2) is 0 Å². The van der Waals surface area contributed by atoms with Crippen molar-refractivity contribution in [2.45, 2.75) is 33.1 Å². The van der Waals surface area contributed by atoms with Gasteiger partial charge in [-0.15, -0.1) is 0 Å². The van der Waals surface area contributed by atoms with E-state index in [0.717, 1.165) is 43.3 Å². The summed E-state index contributed by atoms with van der Waals surface area (Å²) in [6, 6.07) is 1.90. The second-order valence-electron chi connectivity index (χ2n) is 4.36. The molecule has 0 fully saturated rings. The van der Waals surface area contributed by atoms with Crippen LogP contribution in [0.5, 0.6) is 0 Å². The number of aromatic nitrogens is 4. The van der Waals surface area contributed by atoms with Gasteiger partial charge in [0.1, 0.15) is 17.5 Å². The zero-order chi connectivity index (χ0) is 13.7. The standard InChI is InChI=1S/C13H20N6/c1-3-5-11-16-7-8-19(11)12-9-10(15-6-4-2)17-13(14)18-12/h7-9H,3-6H2,1-2H3,(H3,14,15,17,18). The molecule has 0 spiro atoms. The van der Waals surface area contributed by atoms with Gasteiger partial charge in [0.05, 0.1) is 0 Å². The lowest BCUT2D eigenvalue weighted by Gasteiger charge is -2.10. The molecule has 2 aromatic heterocycles. The highest BCUT2D eigenvalue weighted by atomic mass is 15.2. The maximum Gasteiger partial charge on any atom is 0.223 e. The summed E-state index contributed by atoms with van der Waals surface area (Å²) in [4.78, 5) is 12.8. The average molecular weight is 260 g/mol. The number of aryl methyl sites for hydroxylation is 1. The van der Waals surface area contributed by atoms with Gasteiger partial charge in [0.25, 0.3) is 0 Å². The fraction of sp³-hybridized carbons (Fsp3) is 0.462. The smallest absolute Gasteiger partial charge is 0.223 e. The molecule has 6 heteroatoms. The first-order valence-electron chi connectivity index (χ1n) is 6.65. The Morgan fingerprint density at radius 3 is 2.84 bits per heavy atom. The largest absolute Gasteiger partial charge is 0.370 e. The molecule has 0 saturated heterocycles. The number of imidazole rings is 1. The van der Waals surface area contributed by atoms with Crippen LogP contribution in [0.25, 0.3) is 5.82 Å². The third-order valence-electron chi connectivity index (χ3n) is 2.72. The number of nitrogens with one attached hydrogen (secondary N) is 1. The molecule has 0 unspecified atom stereocenters. The minimum absolute atomic E-state index is 0.271. The van der Waals surface area contributed by atoms with E-state index in [1.54, 1.807) is 6.20 Å². The number of nitrogens with zero attached hydrogens (tertiary/aromatic N) is 4. The van der Waals surface area contributed by atoms with Crippen molar-refractivity contribution in [3.63, 3.8) is 0 Å². The van der Waals surface area contributed by atoms with E-state index in [9.17, 15) is 0 Å². The van der Waals surface area contributed by atoms with Crippen molar-refractivity contribution < 1.29 is 0 Å². The van der Waals surface area contributed by atoms with Gasteiger partial charge >= 0.3 is 0 Å². The first-order valence-corrected chi connectivity index (χ1v) is 6.65. The average Bonchev–Trinajstić information content (AvgIpc) is 2.84. The predicted octanol–water partition coefficient (Wildman–Crippen LogP) is 2.02. The Bertz CT molecular complexity index is 534. The molecule has 6 nitrogen and oxygen atoms in total. The summed E-state index contributed by atoms with van der Waals surface area (Å²) in [5.41, 5.74) is 5.77. The third-order valence-corrected chi connectivity index (χ3v) is 2.72. The number of hydrogen-bond donors (Lipinski definition) is 2. The van der Waals surface area contributed by atoms with E-state index >= 15 is 0 Å². The summed E-state index contributed by atoms with van der Waals surface area (Å²) < 4.78 is 1.96. The summed E-state index contributed by atoms with van der Waals surface area (Å²) >= 11 is 0. The van der Waals surface area contributed by atoms with Crippen molar-refractivity contribution in [2.75, 3.05) is 17.6 Å². The lowest BCUT2D eigenvalue weighted by atomic mass is 10.3. The van der Waals surface area contributed by atoms with Crippen LogP contribution in [-0.2, 0) is 6.42 Å². The maximum atomic E-state index is 5.77. The predicted molar refractivity (Wildman–Crippen MR) is 76.3 cm³/mol. The first kappa shape index (κ1) is 13.3. The molecule has 0 aromatic carbocycles. The Labute approximate surface area is 113 Å². The summed E-state index contributed by atoms with van der Waals surface area (Å²) in [5.74, 6) is 2.77. The van der Waals surface area contributed by atoms with Gasteiger partial charge in [-0.05, 0) is 12.8 Å². The Hall–Kier alpha value is -2.11. The van der Waals surface area contributed by atoms with E-state index < -0.39 is 0 Å². The van der Waals surface area contributed by atoms with E-state index in [1.807, 2.05) is 16.8 Å². The highest BCUT2D eigenvalue weighted by Gasteiger charge is 2.08. The molecule has 0 radical (unpaired) electrons. The van der Waals surface area contributed by atoms with Crippen molar-refractivity contribution in [1.82, 2.24) is 19.5 Å². The molecular weight excluding hydrogens is 240 g/mol. The molecule has 0 amide bonds. The SMILES string of the molecule is CCCNc1cc(-n2ccnc2CCC)nc(N)n1. The van der Waals surface area contributed by atoms with Crippen molar-refractivity contribution in [1.29, 1.82) is 0 Å². The van der Waals surface area contributed by atoms with Crippen LogP contribution >= 0.6 is 0 Å². The molecule has 2 aromatic rings. The number of nitrogens with two attached hydrogens (primary N) is 1. The summed E-state index contributed by atoms with van der Waals surface area (Å²) in [6.07, 6.45) is 6.66. The fourth-order valence-corrected chi connectivity index (χ4v) is 1.87. The monoisotopic (exact) mass is 260 g/mol. The van der Waals surface area contributed by atoms with Crippen molar-refractivity contribution in [3.8, 4) is 5.82 Å². The molecule has 102 valence electrons. The number of nitrogen functional groups attached to an aromatic ring is 1. The molecule has 19 heavy (non-hydrogen) atoms. The Balaban J connectivity index is 2.32. The van der Waals surface area contributed by atoms with Crippen molar-refractivity contribution in [2.24, 2.45) is 0 Å². The Morgan fingerprint density at radius 2 is 2.11 bits per heavy atom. The van der Waals surface area contributed by atoms with E-state index in [2.05, 4.69) is 34.1 Å². The van der Waals surface area contributed by atoms with Crippen molar-refractivity contribution in [3.05, 3.63) is 24.3 Å². The van der Waals surface area contributed by atoms with Gasteiger partial charge in [0, 0.05) is 31.4 Å². The van der Waals surface area contributed by atoms with Crippen LogP contribution in [0, 0.1) is 0 Å². The van der Waals surface area contributed by atoms with E-state index in [-0.39, 0.29) is 5.95 Å². The van der Waals surface area contributed by atoms with E-state index in [4.69, 9.17) is 5.73 Å². The van der Waals surface area contributed by atoms with Crippen molar-refractivity contribution >= 4 is 11.8 Å². The summed E-state index contributed by atoms with van der Waals surface area (Å²) in [6.45, 7) is 5.09. The quantitative estimate of drug-likeness (QED) is 0.830. The van der Waals surface area contributed by atoms with Crippen LogP contribution in [0.4, 0.5) is 11.8 Å². The Kier molecular flexibility index (Phi) is 4.33. The third kappa shape index (κ3) is 3.21. The molecule has 0 aliphatic heterocycles. The normalized spacial score (nSPS) is 10.6. The van der Waals surface area contributed by atoms with Gasteiger partial charge in [-0.2, -0.15) is 9.97 Å². The fourth-order valence-electron chi connectivity index (χ4n) is 1.87. The molecule has 2 heterocycles. The number of rotatable bonds is 6. The molecule has 0 bridgehead atoms. The molecule has 0 aliphatic rings. The molecule has 2 rings (SSSR count). The highest BCUT2D eigenvalue weighted by molar-refractivity contribution is 5.46.